The van der Waals surface area contributed by atoms with Crippen LogP contribution in [-0.2, 0) is 10.0 Å². The fraction of sp³-hybridized carbons (Fsp3) is 0.455. The normalized spacial score (nSPS) is 11.9. The number of hydrogen-bond donors (Lipinski definition) is 2. The largest absolute Gasteiger partial charge is 0.398 e. The Labute approximate surface area is 96.9 Å². The van der Waals surface area contributed by atoms with Gasteiger partial charge in [-0.2, -0.15) is 0 Å². The van der Waals surface area contributed by atoms with Crippen molar-refractivity contribution in [2.24, 2.45) is 0 Å². The van der Waals surface area contributed by atoms with Crippen LogP contribution in [0.2, 0.25) is 0 Å². The van der Waals surface area contributed by atoms with E-state index in [1.165, 1.54) is 6.07 Å². The molecule has 5 heteroatoms. The Hall–Kier alpha value is -1.07. The van der Waals surface area contributed by atoms with Gasteiger partial charge >= 0.3 is 0 Å². The predicted octanol–water partition coefficient (Wildman–Crippen LogP) is 1.74. The molecule has 0 amide bonds. The molecule has 0 bridgehead atoms. The summed E-state index contributed by atoms with van der Waals surface area (Å²) >= 11 is 0. The van der Waals surface area contributed by atoms with Crippen molar-refractivity contribution in [1.82, 2.24) is 4.72 Å². The van der Waals surface area contributed by atoms with Crippen LogP contribution in [0.4, 0.5) is 5.69 Å². The van der Waals surface area contributed by atoms with Crippen molar-refractivity contribution in [1.29, 1.82) is 0 Å². The molecule has 4 nitrogen and oxygen atoms in total. The minimum absolute atomic E-state index is 0.0374. The van der Waals surface area contributed by atoms with E-state index in [1.54, 1.807) is 18.2 Å². The monoisotopic (exact) mass is 242 g/mol. The van der Waals surface area contributed by atoms with Crippen LogP contribution >= 0.6 is 0 Å². The second-order valence-electron chi connectivity index (χ2n) is 3.67. The highest BCUT2D eigenvalue weighted by Gasteiger charge is 2.19. The molecule has 0 fully saturated rings. The summed E-state index contributed by atoms with van der Waals surface area (Å²) < 4.78 is 26.6. The van der Waals surface area contributed by atoms with Crippen molar-refractivity contribution >= 4 is 15.7 Å². The van der Waals surface area contributed by atoms with Gasteiger partial charge in [-0.3, -0.25) is 0 Å². The molecule has 0 aliphatic rings. The maximum absolute atomic E-state index is 12.0. The number of nitrogen functional groups attached to an aromatic ring is 1. The van der Waals surface area contributed by atoms with E-state index >= 15 is 0 Å². The van der Waals surface area contributed by atoms with Gasteiger partial charge in [0.05, 0.1) is 5.69 Å². The highest BCUT2D eigenvalue weighted by molar-refractivity contribution is 7.89. The smallest absolute Gasteiger partial charge is 0.242 e. The maximum Gasteiger partial charge on any atom is 0.242 e. The molecular weight excluding hydrogens is 224 g/mol. The van der Waals surface area contributed by atoms with Gasteiger partial charge in [-0.25, -0.2) is 13.1 Å². The third-order valence-corrected chi connectivity index (χ3v) is 4.11. The fourth-order valence-electron chi connectivity index (χ4n) is 1.46. The third-order valence-electron chi connectivity index (χ3n) is 2.52. The number of sulfonamides is 1. The maximum atomic E-state index is 12.0. The van der Waals surface area contributed by atoms with E-state index in [0.29, 0.717) is 0 Å². The molecule has 0 spiro atoms. The zero-order chi connectivity index (χ0) is 12.2. The predicted molar refractivity (Wildman–Crippen MR) is 65.5 cm³/mol. The summed E-state index contributed by atoms with van der Waals surface area (Å²) in [5.74, 6) is 0. The van der Waals surface area contributed by atoms with E-state index in [0.717, 1.165) is 12.8 Å². The van der Waals surface area contributed by atoms with E-state index in [1.807, 2.05) is 13.8 Å². The van der Waals surface area contributed by atoms with Crippen LogP contribution in [0.25, 0.3) is 0 Å². The molecule has 1 aromatic rings. The second kappa shape index (κ2) is 5.32. The highest BCUT2D eigenvalue weighted by Crippen LogP contribution is 2.17. The lowest BCUT2D eigenvalue weighted by atomic mass is 10.2. The molecule has 0 aromatic heterocycles. The van der Waals surface area contributed by atoms with Crippen LogP contribution < -0.4 is 10.5 Å². The lowest BCUT2D eigenvalue weighted by Gasteiger charge is -2.15. The van der Waals surface area contributed by atoms with E-state index < -0.39 is 10.0 Å². The first-order valence-corrected chi connectivity index (χ1v) is 6.86. The van der Waals surface area contributed by atoms with Gasteiger partial charge in [-0.05, 0) is 25.0 Å². The topological polar surface area (TPSA) is 72.2 Å². The van der Waals surface area contributed by atoms with Gasteiger partial charge in [-0.15, -0.1) is 0 Å². The molecule has 0 saturated heterocycles. The average Bonchev–Trinajstić information content (AvgIpc) is 2.26. The fourth-order valence-corrected chi connectivity index (χ4v) is 3.00. The van der Waals surface area contributed by atoms with Crippen molar-refractivity contribution in [2.75, 3.05) is 5.73 Å². The number of anilines is 1. The molecule has 16 heavy (non-hydrogen) atoms. The molecule has 0 heterocycles. The summed E-state index contributed by atoms with van der Waals surface area (Å²) in [6.45, 7) is 3.90. The average molecular weight is 242 g/mol. The zero-order valence-electron chi connectivity index (χ0n) is 9.60. The van der Waals surface area contributed by atoms with Crippen molar-refractivity contribution in [3.63, 3.8) is 0 Å². The van der Waals surface area contributed by atoms with Gasteiger partial charge in [0.2, 0.25) is 10.0 Å². The first-order chi connectivity index (χ1) is 7.51. The summed E-state index contributed by atoms with van der Waals surface area (Å²) in [5, 5.41) is 0. The molecular formula is C11H18N2O2S. The van der Waals surface area contributed by atoms with Gasteiger partial charge in [0.25, 0.3) is 0 Å². The number of para-hydroxylation sites is 1. The molecule has 0 atom stereocenters. The Balaban J connectivity index is 2.99. The van der Waals surface area contributed by atoms with Crippen LogP contribution in [0.3, 0.4) is 0 Å². The number of hydrogen-bond acceptors (Lipinski definition) is 3. The Bertz CT molecular complexity index is 439. The Morgan fingerprint density at radius 1 is 1.25 bits per heavy atom. The number of nitrogens with one attached hydrogen (secondary N) is 1. The van der Waals surface area contributed by atoms with Crippen molar-refractivity contribution in [3.05, 3.63) is 24.3 Å². The van der Waals surface area contributed by atoms with Crippen LogP contribution in [-0.4, -0.2) is 14.5 Å². The molecule has 3 N–H and O–H groups in total. The van der Waals surface area contributed by atoms with Crippen molar-refractivity contribution in [3.8, 4) is 0 Å². The van der Waals surface area contributed by atoms with E-state index in [9.17, 15) is 8.42 Å². The van der Waals surface area contributed by atoms with Crippen LogP contribution in [0, 0.1) is 0 Å². The number of rotatable bonds is 5. The molecule has 0 radical (unpaired) electrons. The lowest BCUT2D eigenvalue weighted by molar-refractivity contribution is 0.530. The standard InChI is InChI=1S/C11H18N2O2S/c1-3-9(4-2)13-16(14,15)11-8-6-5-7-10(11)12/h5-9,13H,3-4,12H2,1-2H3. The first kappa shape index (κ1) is 13.0. The van der Waals surface area contributed by atoms with E-state index in [-0.39, 0.29) is 16.6 Å². The summed E-state index contributed by atoms with van der Waals surface area (Å²) in [6, 6.07) is 6.44. The van der Waals surface area contributed by atoms with Crippen LogP contribution in [0.1, 0.15) is 26.7 Å². The van der Waals surface area contributed by atoms with E-state index in [4.69, 9.17) is 5.73 Å². The second-order valence-corrected chi connectivity index (χ2v) is 5.35. The van der Waals surface area contributed by atoms with Gasteiger partial charge in [0.15, 0.2) is 0 Å². The van der Waals surface area contributed by atoms with Crippen LogP contribution in [0.5, 0.6) is 0 Å². The molecule has 1 rings (SSSR count). The van der Waals surface area contributed by atoms with Crippen molar-refractivity contribution < 1.29 is 8.42 Å². The van der Waals surface area contributed by atoms with Gasteiger partial charge < -0.3 is 5.73 Å². The molecule has 0 aliphatic heterocycles. The highest BCUT2D eigenvalue weighted by atomic mass is 32.2. The van der Waals surface area contributed by atoms with Crippen molar-refractivity contribution in [2.45, 2.75) is 37.6 Å². The lowest BCUT2D eigenvalue weighted by Crippen LogP contribution is -2.34. The molecule has 0 saturated carbocycles. The molecule has 0 aliphatic carbocycles. The molecule has 0 unspecified atom stereocenters. The Kier molecular flexibility index (Phi) is 4.32. The van der Waals surface area contributed by atoms with Crippen LogP contribution in [0.15, 0.2) is 29.2 Å². The van der Waals surface area contributed by atoms with E-state index in [2.05, 4.69) is 4.72 Å². The van der Waals surface area contributed by atoms with Gasteiger partial charge in [0, 0.05) is 6.04 Å². The zero-order valence-corrected chi connectivity index (χ0v) is 10.4. The Morgan fingerprint density at radius 2 is 1.81 bits per heavy atom. The number of nitrogens with two attached hydrogens (primary N) is 1. The minimum atomic E-state index is -3.49. The molecule has 1 aromatic carbocycles. The van der Waals surface area contributed by atoms with Gasteiger partial charge in [-0.1, -0.05) is 26.0 Å². The van der Waals surface area contributed by atoms with Gasteiger partial charge in [0.1, 0.15) is 4.90 Å². The summed E-state index contributed by atoms with van der Waals surface area (Å²) in [7, 11) is -3.49. The summed E-state index contributed by atoms with van der Waals surface area (Å²) in [6.07, 6.45) is 1.53. The molecule has 90 valence electrons. The summed E-state index contributed by atoms with van der Waals surface area (Å²) in [4.78, 5) is 0.155. The SMILES string of the molecule is CCC(CC)NS(=O)(=O)c1ccccc1N. The third kappa shape index (κ3) is 2.96. The minimum Gasteiger partial charge on any atom is -0.398 e. The Morgan fingerprint density at radius 3 is 2.31 bits per heavy atom. The first-order valence-electron chi connectivity index (χ1n) is 5.38. The summed E-state index contributed by atoms with van der Waals surface area (Å²) in [5.41, 5.74) is 5.92. The number of benzene rings is 1. The quantitative estimate of drug-likeness (QED) is 0.772.